The molecule has 33 heavy (non-hydrogen) atoms. The molecule has 4 rings (SSSR count). The SMILES string of the molecule is CCNC(=O)NC(=O)COC(=O)c1c2c(nc3ccccc13)C(=Cc1ccc(O)cc1)CC2. The molecule has 0 saturated heterocycles. The lowest BCUT2D eigenvalue weighted by molar-refractivity contribution is -0.123. The van der Waals surface area contributed by atoms with Crippen molar-refractivity contribution in [3.63, 3.8) is 0 Å². The van der Waals surface area contributed by atoms with Gasteiger partial charge in [-0.25, -0.2) is 14.6 Å². The zero-order valence-corrected chi connectivity index (χ0v) is 18.1. The Labute approximate surface area is 190 Å². The number of imide groups is 1. The van der Waals surface area contributed by atoms with Crippen LogP contribution >= 0.6 is 0 Å². The first kappa shape index (κ1) is 22.0. The maximum atomic E-state index is 13.1. The van der Waals surface area contributed by atoms with Gasteiger partial charge in [0.1, 0.15) is 5.75 Å². The Hall–Kier alpha value is -4.20. The predicted molar refractivity (Wildman–Crippen MR) is 124 cm³/mol. The number of para-hydroxylation sites is 1. The number of aromatic hydroxyl groups is 1. The molecule has 0 bridgehead atoms. The molecule has 0 aliphatic heterocycles. The lowest BCUT2D eigenvalue weighted by Gasteiger charge is -2.12. The predicted octanol–water partition coefficient (Wildman–Crippen LogP) is 3.43. The number of aromatic nitrogens is 1. The second-order valence-corrected chi connectivity index (χ2v) is 7.58. The third-order valence-electron chi connectivity index (χ3n) is 5.30. The van der Waals surface area contributed by atoms with Gasteiger partial charge in [-0.15, -0.1) is 0 Å². The zero-order valence-electron chi connectivity index (χ0n) is 18.1. The van der Waals surface area contributed by atoms with Gasteiger partial charge in [-0.2, -0.15) is 0 Å². The van der Waals surface area contributed by atoms with E-state index in [1.807, 2.05) is 36.4 Å². The van der Waals surface area contributed by atoms with Gasteiger partial charge in [0, 0.05) is 11.9 Å². The Bertz CT molecular complexity index is 1270. The van der Waals surface area contributed by atoms with E-state index in [1.165, 1.54) is 0 Å². The van der Waals surface area contributed by atoms with Crippen molar-refractivity contribution in [3.8, 4) is 5.75 Å². The first-order chi connectivity index (χ1) is 16.0. The summed E-state index contributed by atoms with van der Waals surface area (Å²) in [4.78, 5) is 41.3. The summed E-state index contributed by atoms with van der Waals surface area (Å²) in [5, 5.41) is 14.7. The number of rotatable bonds is 5. The van der Waals surface area contributed by atoms with Crippen LogP contribution in [0, 0.1) is 0 Å². The molecule has 0 atom stereocenters. The molecule has 1 aliphatic carbocycles. The molecule has 1 heterocycles. The number of hydrogen-bond donors (Lipinski definition) is 3. The number of carbonyl (C=O) groups is 3. The van der Waals surface area contributed by atoms with Gasteiger partial charge in [-0.05, 0) is 60.7 Å². The summed E-state index contributed by atoms with van der Waals surface area (Å²) in [5.74, 6) is -1.16. The first-order valence-electron chi connectivity index (χ1n) is 10.6. The summed E-state index contributed by atoms with van der Waals surface area (Å²) >= 11 is 0. The van der Waals surface area contributed by atoms with Crippen LogP contribution < -0.4 is 10.6 Å². The number of ether oxygens (including phenoxy) is 1. The van der Waals surface area contributed by atoms with Crippen molar-refractivity contribution in [2.75, 3.05) is 13.2 Å². The lowest BCUT2D eigenvalue weighted by atomic mass is 10.0. The van der Waals surface area contributed by atoms with Crippen LogP contribution in [0.1, 0.15) is 40.5 Å². The number of carbonyl (C=O) groups excluding carboxylic acids is 3. The maximum Gasteiger partial charge on any atom is 0.339 e. The topological polar surface area (TPSA) is 118 Å². The molecule has 0 saturated carbocycles. The summed E-state index contributed by atoms with van der Waals surface area (Å²) in [6.45, 7) is 1.52. The van der Waals surface area contributed by atoms with Crippen molar-refractivity contribution in [1.29, 1.82) is 0 Å². The monoisotopic (exact) mass is 445 g/mol. The fraction of sp³-hybridized carbons (Fsp3) is 0.200. The molecular weight excluding hydrogens is 422 g/mol. The van der Waals surface area contributed by atoms with Crippen molar-refractivity contribution in [3.05, 3.63) is 70.9 Å². The van der Waals surface area contributed by atoms with E-state index in [-0.39, 0.29) is 5.75 Å². The van der Waals surface area contributed by atoms with Gasteiger partial charge >= 0.3 is 12.0 Å². The van der Waals surface area contributed by atoms with Crippen LogP contribution in [0.25, 0.3) is 22.6 Å². The van der Waals surface area contributed by atoms with Gasteiger partial charge in [-0.3, -0.25) is 10.1 Å². The van der Waals surface area contributed by atoms with Crippen LogP contribution in [0.5, 0.6) is 5.75 Å². The van der Waals surface area contributed by atoms with E-state index >= 15 is 0 Å². The van der Waals surface area contributed by atoms with E-state index in [4.69, 9.17) is 9.72 Å². The minimum atomic E-state index is -0.711. The molecule has 0 unspecified atom stereocenters. The van der Waals surface area contributed by atoms with Gasteiger partial charge in [0.2, 0.25) is 0 Å². The number of pyridine rings is 1. The number of fused-ring (bicyclic) bond motifs is 2. The number of allylic oxidation sites excluding steroid dienone is 1. The van der Waals surface area contributed by atoms with Crippen molar-refractivity contribution >= 4 is 40.5 Å². The third-order valence-corrected chi connectivity index (χ3v) is 5.30. The van der Waals surface area contributed by atoms with Crippen LogP contribution in [0.15, 0.2) is 48.5 Å². The molecule has 3 aromatic rings. The van der Waals surface area contributed by atoms with Gasteiger partial charge in [-0.1, -0.05) is 30.3 Å². The number of phenolic OH excluding ortho intramolecular Hbond substituents is 1. The Morgan fingerprint density at radius 1 is 1.09 bits per heavy atom. The van der Waals surface area contributed by atoms with Gasteiger partial charge < -0.3 is 15.2 Å². The van der Waals surface area contributed by atoms with E-state index in [2.05, 4.69) is 10.6 Å². The second kappa shape index (κ2) is 9.52. The quantitative estimate of drug-likeness (QED) is 0.518. The maximum absolute atomic E-state index is 13.1. The fourth-order valence-corrected chi connectivity index (χ4v) is 3.85. The molecule has 3 amide bonds. The molecular formula is C25H23N3O5. The van der Waals surface area contributed by atoms with E-state index in [0.717, 1.165) is 22.4 Å². The average Bonchev–Trinajstić information content (AvgIpc) is 3.19. The summed E-state index contributed by atoms with van der Waals surface area (Å²) in [6, 6.07) is 13.5. The number of nitrogens with zero attached hydrogens (tertiary/aromatic N) is 1. The molecule has 0 fully saturated rings. The van der Waals surface area contributed by atoms with E-state index in [0.29, 0.717) is 35.9 Å². The lowest BCUT2D eigenvalue weighted by Crippen LogP contribution is -2.41. The third kappa shape index (κ3) is 4.85. The number of esters is 1. The minimum Gasteiger partial charge on any atom is -0.508 e. The number of amides is 3. The van der Waals surface area contributed by atoms with E-state index in [9.17, 15) is 19.5 Å². The van der Waals surface area contributed by atoms with Crippen LogP contribution in [0.4, 0.5) is 4.79 Å². The zero-order chi connectivity index (χ0) is 23.4. The normalized spacial score (nSPS) is 13.5. The largest absolute Gasteiger partial charge is 0.508 e. The molecule has 3 N–H and O–H groups in total. The highest BCUT2D eigenvalue weighted by atomic mass is 16.5. The first-order valence-corrected chi connectivity index (χ1v) is 10.6. The van der Waals surface area contributed by atoms with Crippen molar-refractivity contribution < 1.29 is 24.2 Å². The highest BCUT2D eigenvalue weighted by Gasteiger charge is 2.28. The van der Waals surface area contributed by atoms with E-state index in [1.54, 1.807) is 25.1 Å². The number of benzene rings is 2. The highest BCUT2D eigenvalue weighted by molar-refractivity contribution is 6.08. The van der Waals surface area contributed by atoms with Crippen molar-refractivity contribution in [2.45, 2.75) is 19.8 Å². The van der Waals surface area contributed by atoms with Crippen molar-refractivity contribution in [2.24, 2.45) is 0 Å². The summed E-state index contributed by atoms with van der Waals surface area (Å²) < 4.78 is 5.26. The molecule has 0 radical (unpaired) electrons. The number of nitrogens with one attached hydrogen (secondary N) is 2. The number of urea groups is 1. The Morgan fingerprint density at radius 3 is 2.61 bits per heavy atom. The Kier molecular flexibility index (Phi) is 6.35. The van der Waals surface area contributed by atoms with E-state index < -0.39 is 24.5 Å². The molecule has 1 aromatic heterocycles. The number of phenols is 1. The smallest absolute Gasteiger partial charge is 0.339 e. The molecule has 168 valence electrons. The molecule has 0 spiro atoms. The summed E-state index contributed by atoms with van der Waals surface area (Å²) in [7, 11) is 0. The van der Waals surface area contributed by atoms with Crippen LogP contribution in [-0.4, -0.2) is 41.1 Å². The van der Waals surface area contributed by atoms with Crippen LogP contribution in [0.3, 0.4) is 0 Å². The van der Waals surface area contributed by atoms with Crippen LogP contribution in [0.2, 0.25) is 0 Å². The summed E-state index contributed by atoms with van der Waals surface area (Å²) in [6.07, 6.45) is 3.28. The molecule has 8 heteroatoms. The average molecular weight is 445 g/mol. The molecule has 2 aromatic carbocycles. The van der Waals surface area contributed by atoms with Gasteiger partial charge in [0.15, 0.2) is 6.61 Å². The highest BCUT2D eigenvalue weighted by Crippen LogP contribution is 2.37. The number of hydrogen-bond acceptors (Lipinski definition) is 6. The fourth-order valence-electron chi connectivity index (χ4n) is 3.85. The van der Waals surface area contributed by atoms with Crippen molar-refractivity contribution in [1.82, 2.24) is 15.6 Å². The van der Waals surface area contributed by atoms with Crippen LogP contribution in [-0.2, 0) is 16.0 Å². The minimum absolute atomic E-state index is 0.189. The summed E-state index contributed by atoms with van der Waals surface area (Å²) in [5.41, 5.74) is 4.42. The standard InChI is InChI=1S/C25H23N3O5/c1-2-26-25(32)28-21(30)14-33-24(31)22-18-5-3-4-6-20(18)27-23-16(9-12-19(22)23)13-15-7-10-17(29)11-8-15/h3-8,10-11,13,29H,2,9,12,14H2,1H3,(H2,26,28,30,32). The second-order valence-electron chi connectivity index (χ2n) is 7.58. The Balaban J connectivity index is 1.65. The molecule has 1 aliphatic rings. The van der Waals surface area contributed by atoms with Gasteiger partial charge in [0.25, 0.3) is 5.91 Å². The molecule has 8 nitrogen and oxygen atoms in total. The Morgan fingerprint density at radius 2 is 1.85 bits per heavy atom. The van der Waals surface area contributed by atoms with Gasteiger partial charge in [0.05, 0.1) is 16.8 Å².